The Labute approximate surface area is 121 Å². The number of rotatable bonds is 3. The van der Waals surface area contributed by atoms with Crippen LogP contribution in [-0.4, -0.2) is 9.78 Å². The molecule has 2 aromatic rings. The molecule has 4 nitrogen and oxygen atoms in total. The smallest absolute Gasteiger partial charge is 0.282 e. The van der Waals surface area contributed by atoms with Crippen LogP contribution in [-0.2, 0) is 13.6 Å². The zero-order valence-electron chi connectivity index (χ0n) is 9.65. The number of nitrogens with one attached hydrogen (secondary N) is 1. The second-order valence-corrected chi connectivity index (χ2v) is 5.39. The largest absolute Gasteiger partial charge is 0.379 e. The van der Waals surface area contributed by atoms with Gasteiger partial charge in [0, 0.05) is 18.1 Å². The van der Waals surface area contributed by atoms with E-state index in [1.165, 1.54) is 4.68 Å². The van der Waals surface area contributed by atoms with Crippen molar-refractivity contribution in [3.05, 3.63) is 55.3 Å². The monoisotopic (exact) mass is 371 g/mol. The van der Waals surface area contributed by atoms with E-state index >= 15 is 0 Å². The molecule has 0 amide bonds. The molecule has 0 radical (unpaired) electrons. The average molecular weight is 373 g/mol. The van der Waals surface area contributed by atoms with E-state index in [2.05, 4.69) is 42.3 Å². The summed E-state index contributed by atoms with van der Waals surface area (Å²) in [6, 6.07) is 7.93. The first-order valence-corrected chi connectivity index (χ1v) is 6.87. The summed E-state index contributed by atoms with van der Waals surface area (Å²) in [7, 11) is 1.62. The third-order valence-electron chi connectivity index (χ3n) is 2.51. The van der Waals surface area contributed by atoms with Crippen LogP contribution in [0.4, 0.5) is 5.69 Å². The zero-order valence-corrected chi connectivity index (χ0v) is 12.8. The highest BCUT2D eigenvalue weighted by molar-refractivity contribution is 9.10. The van der Waals surface area contributed by atoms with E-state index < -0.39 is 0 Å². The van der Waals surface area contributed by atoms with Gasteiger partial charge in [0.1, 0.15) is 4.47 Å². The van der Waals surface area contributed by atoms with Crippen molar-refractivity contribution in [3.8, 4) is 0 Å². The fourth-order valence-electron chi connectivity index (χ4n) is 1.47. The van der Waals surface area contributed by atoms with Crippen LogP contribution in [0.5, 0.6) is 0 Å². The fraction of sp³-hybridized carbons (Fsp3) is 0.167. The fourth-order valence-corrected chi connectivity index (χ4v) is 2.39. The van der Waals surface area contributed by atoms with E-state index in [0.29, 0.717) is 16.7 Å². The number of anilines is 1. The molecule has 18 heavy (non-hydrogen) atoms. The van der Waals surface area contributed by atoms with Gasteiger partial charge in [0.15, 0.2) is 0 Å². The topological polar surface area (TPSA) is 46.9 Å². The Bertz CT molecular complexity index is 625. The molecule has 6 heteroatoms. The number of hydrogen-bond acceptors (Lipinski definition) is 3. The van der Waals surface area contributed by atoms with Gasteiger partial charge < -0.3 is 5.32 Å². The molecule has 0 spiro atoms. The molecule has 0 aliphatic heterocycles. The van der Waals surface area contributed by atoms with Crippen molar-refractivity contribution in [2.24, 2.45) is 7.05 Å². The summed E-state index contributed by atoms with van der Waals surface area (Å²) in [6.45, 7) is 0.620. The SMILES string of the molecule is Cn1ncc(NCc2ccccc2Br)c(Br)c1=O. The van der Waals surface area contributed by atoms with Gasteiger partial charge in [-0.15, -0.1) is 0 Å². The zero-order chi connectivity index (χ0) is 13.1. The van der Waals surface area contributed by atoms with Crippen molar-refractivity contribution in [3.63, 3.8) is 0 Å². The van der Waals surface area contributed by atoms with E-state index in [1.807, 2.05) is 24.3 Å². The van der Waals surface area contributed by atoms with Crippen LogP contribution < -0.4 is 10.9 Å². The molecule has 1 N–H and O–H groups in total. The van der Waals surface area contributed by atoms with Gasteiger partial charge in [-0.05, 0) is 27.6 Å². The Morgan fingerprint density at radius 3 is 2.78 bits per heavy atom. The maximum absolute atomic E-state index is 11.7. The number of nitrogens with zero attached hydrogens (tertiary/aromatic N) is 2. The predicted molar refractivity (Wildman–Crippen MR) is 78.6 cm³/mol. The van der Waals surface area contributed by atoms with Crippen LogP contribution in [0, 0.1) is 0 Å². The summed E-state index contributed by atoms with van der Waals surface area (Å²) in [4.78, 5) is 11.7. The highest BCUT2D eigenvalue weighted by Crippen LogP contribution is 2.20. The summed E-state index contributed by atoms with van der Waals surface area (Å²) in [5.41, 5.74) is 1.64. The molecule has 0 aliphatic carbocycles. The minimum Gasteiger partial charge on any atom is -0.379 e. The Morgan fingerprint density at radius 2 is 2.06 bits per heavy atom. The van der Waals surface area contributed by atoms with Crippen LogP contribution in [0.25, 0.3) is 0 Å². The molecule has 0 aliphatic rings. The molecule has 0 unspecified atom stereocenters. The molecule has 0 saturated heterocycles. The molecule has 1 aromatic heterocycles. The van der Waals surface area contributed by atoms with Crippen molar-refractivity contribution >= 4 is 37.5 Å². The molecule has 2 rings (SSSR count). The van der Waals surface area contributed by atoms with Crippen molar-refractivity contribution in [1.29, 1.82) is 0 Å². The van der Waals surface area contributed by atoms with Gasteiger partial charge in [0.2, 0.25) is 0 Å². The number of aryl methyl sites for hydroxylation is 1. The predicted octanol–water partition coefficient (Wildman–Crippen LogP) is 2.92. The highest BCUT2D eigenvalue weighted by atomic mass is 79.9. The molecular weight excluding hydrogens is 362 g/mol. The molecule has 1 heterocycles. The van der Waals surface area contributed by atoms with Crippen molar-refractivity contribution in [2.45, 2.75) is 6.54 Å². The van der Waals surface area contributed by atoms with E-state index in [9.17, 15) is 4.79 Å². The highest BCUT2D eigenvalue weighted by Gasteiger charge is 2.07. The third-order valence-corrected chi connectivity index (χ3v) is 4.05. The number of aromatic nitrogens is 2. The van der Waals surface area contributed by atoms with E-state index in [1.54, 1.807) is 13.2 Å². The van der Waals surface area contributed by atoms with E-state index in [-0.39, 0.29) is 5.56 Å². The van der Waals surface area contributed by atoms with Gasteiger partial charge in [-0.2, -0.15) is 5.10 Å². The number of benzene rings is 1. The normalized spacial score (nSPS) is 10.4. The lowest BCUT2D eigenvalue weighted by Gasteiger charge is -2.09. The number of hydrogen-bond donors (Lipinski definition) is 1. The lowest BCUT2D eigenvalue weighted by Crippen LogP contribution is -2.21. The van der Waals surface area contributed by atoms with Gasteiger partial charge in [0.25, 0.3) is 5.56 Å². The standard InChI is InChI=1S/C12H11Br2N3O/c1-17-12(18)11(14)10(7-16-17)15-6-8-4-2-3-5-9(8)13/h2-5,7,15H,6H2,1H3. The van der Waals surface area contributed by atoms with E-state index in [4.69, 9.17) is 0 Å². The second-order valence-electron chi connectivity index (χ2n) is 3.75. The summed E-state index contributed by atoms with van der Waals surface area (Å²) in [6.07, 6.45) is 1.63. The summed E-state index contributed by atoms with van der Waals surface area (Å²) >= 11 is 6.76. The Balaban J connectivity index is 2.19. The quantitative estimate of drug-likeness (QED) is 0.900. The van der Waals surface area contributed by atoms with Crippen LogP contribution in [0.2, 0.25) is 0 Å². The van der Waals surface area contributed by atoms with Gasteiger partial charge >= 0.3 is 0 Å². The van der Waals surface area contributed by atoms with Gasteiger partial charge in [-0.1, -0.05) is 34.1 Å². The first kappa shape index (κ1) is 13.3. The molecule has 0 saturated carbocycles. The second kappa shape index (κ2) is 5.67. The van der Waals surface area contributed by atoms with Gasteiger partial charge in [-0.25, -0.2) is 4.68 Å². The maximum Gasteiger partial charge on any atom is 0.282 e. The summed E-state index contributed by atoms with van der Waals surface area (Å²) in [5.74, 6) is 0. The molecule has 94 valence electrons. The van der Waals surface area contributed by atoms with Gasteiger partial charge in [0.05, 0.1) is 11.9 Å². The summed E-state index contributed by atoms with van der Waals surface area (Å²) in [5, 5.41) is 7.16. The first-order valence-electron chi connectivity index (χ1n) is 5.28. The lowest BCUT2D eigenvalue weighted by atomic mass is 10.2. The van der Waals surface area contributed by atoms with Gasteiger partial charge in [-0.3, -0.25) is 4.79 Å². The van der Waals surface area contributed by atoms with Crippen LogP contribution in [0.1, 0.15) is 5.56 Å². The maximum atomic E-state index is 11.7. The van der Waals surface area contributed by atoms with Crippen molar-refractivity contribution in [1.82, 2.24) is 9.78 Å². The molecule has 0 atom stereocenters. The van der Waals surface area contributed by atoms with Crippen molar-refractivity contribution < 1.29 is 0 Å². The third kappa shape index (κ3) is 2.81. The molecule has 0 fully saturated rings. The van der Waals surface area contributed by atoms with Crippen molar-refractivity contribution in [2.75, 3.05) is 5.32 Å². The Morgan fingerprint density at radius 1 is 1.33 bits per heavy atom. The summed E-state index contributed by atoms with van der Waals surface area (Å²) < 4.78 is 2.81. The van der Waals surface area contributed by atoms with E-state index in [0.717, 1.165) is 10.0 Å². The Hall–Kier alpha value is -1.14. The van der Waals surface area contributed by atoms with Crippen LogP contribution in [0.15, 0.2) is 44.2 Å². The Kier molecular flexibility index (Phi) is 4.19. The average Bonchev–Trinajstić information content (AvgIpc) is 2.37. The number of halogens is 2. The minimum absolute atomic E-state index is 0.160. The molecule has 1 aromatic carbocycles. The first-order chi connectivity index (χ1) is 8.59. The lowest BCUT2D eigenvalue weighted by molar-refractivity contribution is 0.703. The van der Waals surface area contributed by atoms with Crippen LogP contribution >= 0.6 is 31.9 Å². The molecular formula is C12H11Br2N3O. The molecule has 0 bridgehead atoms. The minimum atomic E-state index is -0.160. The van der Waals surface area contributed by atoms with Crippen LogP contribution in [0.3, 0.4) is 0 Å².